The molecule has 1 aromatic heterocycles. The predicted molar refractivity (Wildman–Crippen MR) is 88.4 cm³/mol. The fourth-order valence-corrected chi connectivity index (χ4v) is 5.08. The van der Waals surface area contributed by atoms with Gasteiger partial charge in [-0.15, -0.1) is 0 Å². The summed E-state index contributed by atoms with van der Waals surface area (Å²) < 4.78 is 32.6. The molecule has 1 aromatic rings. The average molecular weight is 370 g/mol. The van der Waals surface area contributed by atoms with Crippen LogP contribution in [-0.4, -0.2) is 77.8 Å². The largest absolute Gasteiger partial charge is 0.369 e. The van der Waals surface area contributed by atoms with E-state index in [1.165, 1.54) is 6.92 Å². The van der Waals surface area contributed by atoms with Crippen LogP contribution >= 0.6 is 0 Å². The van der Waals surface area contributed by atoms with Crippen molar-refractivity contribution in [1.82, 2.24) is 20.0 Å². The summed E-state index contributed by atoms with van der Waals surface area (Å²) in [5, 5.41) is 5.98. The van der Waals surface area contributed by atoms with Crippen molar-refractivity contribution in [2.45, 2.75) is 30.7 Å². The van der Waals surface area contributed by atoms with E-state index in [4.69, 9.17) is 4.74 Å². The molecule has 25 heavy (non-hydrogen) atoms. The van der Waals surface area contributed by atoms with Crippen molar-refractivity contribution < 1.29 is 22.7 Å². The third-order valence-electron chi connectivity index (χ3n) is 4.52. The number of aromatic nitrogens is 2. The van der Waals surface area contributed by atoms with Gasteiger partial charge in [0.25, 0.3) is 0 Å². The zero-order valence-electron chi connectivity index (χ0n) is 14.1. The van der Waals surface area contributed by atoms with Crippen molar-refractivity contribution in [1.29, 1.82) is 0 Å². The van der Waals surface area contributed by atoms with E-state index < -0.39 is 20.7 Å². The molecule has 9 nitrogen and oxygen atoms in total. The minimum Gasteiger partial charge on any atom is -0.369 e. The van der Waals surface area contributed by atoms with E-state index in [0.29, 0.717) is 0 Å². The highest BCUT2D eigenvalue weighted by atomic mass is 32.2. The molecule has 2 aliphatic heterocycles. The molecule has 1 atom stereocenters. The Morgan fingerprint density at radius 1 is 1.40 bits per heavy atom. The second kappa shape index (κ2) is 6.75. The third-order valence-corrected chi connectivity index (χ3v) is 6.75. The van der Waals surface area contributed by atoms with Crippen LogP contribution in [0.3, 0.4) is 0 Å². The van der Waals surface area contributed by atoms with Crippen molar-refractivity contribution in [2.24, 2.45) is 0 Å². The normalized spacial score (nSPS) is 23.9. The van der Waals surface area contributed by atoms with Gasteiger partial charge in [0, 0.05) is 32.3 Å². The van der Waals surface area contributed by atoms with Gasteiger partial charge in [-0.25, -0.2) is 8.42 Å². The third kappa shape index (κ3) is 4.01. The first kappa shape index (κ1) is 17.9. The number of sulfone groups is 1. The molecule has 1 N–H and O–H groups in total. The van der Waals surface area contributed by atoms with Crippen LogP contribution in [0.1, 0.15) is 13.3 Å². The fourth-order valence-electron chi connectivity index (χ4n) is 3.19. The van der Waals surface area contributed by atoms with E-state index >= 15 is 0 Å². The number of nitrogens with one attached hydrogen (secondary N) is 1. The maximum absolute atomic E-state index is 12.6. The Balaban J connectivity index is 1.51. The first-order chi connectivity index (χ1) is 11.8. The van der Waals surface area contributed by atoms with Gasteiger partial charge in [0.05, 0.1) is 32.0 Å². The van der Waals surface area contributed by atoms with Crippen LogP contribution in [0.2, 0.25) is 0 Å². The Morgan fingerprint density at radius 3 is 2.76 bits per heavy atom. The van der Waals surface area contributed by atoms with Crippen LogP contribution in [0.5, 0.6) is 0 Å². The van der Waals surface area contributed by atoms with Gasteiger partial charge >= 0.3 is 0 Å². The first-order valence-electron chi connectivity index (χ1n) is 8.15. The molecule has 0 bridgehead atoms. The monoisotopic (exact) mass is 370 g/mol. The number of ether oxygens (including phenoxy) is 1. The van der Waals surface area contributed by atoms with E-state index in [1.54, 1.807) is 28.0 Å². The summed E-state index contributed by atoms with van der Waals surface area (Å²) in [6.45, 7) is 2.60. The number of hydrogen-bond acceptors (Lipinski definition) is 6. The lowest BCUT2D eigenvalue weighted by Crippen LogP contribution is -2.70. The summed E-state index contributed by atoms with van der Waals surface area (Å²) in [4.78, 5) is 24.4. The zero-order chi connectivity index (χ0) is 18.1. The minimum atomic E-state index is -3.33. The van der Waals surface area contributed by atoms with E-state index in [-0.39, 0.29) is 56.8 Å². The number of carbonyl (C=O) groups is 2. The van der Waals surface area contributed by atoms with E-state index in [0.717, 1.165) is 0 Å². The van der Waals surface area contributed by atoms with E-state index in [9.17, 15) is 18.0 Å². The van der Waals surface area contributed by atoms with Crippen LogP contribution in [0.15, 0.2) is 18.5 Å². The SMILES string of the molecule is CC(=O)NCCC(=O)N1CC2(C1)CS(=O)(=O)[C@@H](Cn1cccn1)CO2. The van der Waals surface area contributed by atoms with Crippen LogP contribution < -0.4 is 5.32 Å². The molecule has 138 valence electrons. The quantitative estimate of drug-likeness (QED) is 0.697. The summed E-state index contributed by atoms with van der Waals surface area (Å²) in [6.07, 6.45) is 3.53. The van der Waals surface area contributed by atoms with Crippen LogP contribution in [0, 0.1) is 0 Å². The fraction of sp³-hybridized carbons (Fsp3) is 0.667. The standard InChI is InChI=1S/C15H22N4O5S/c1-12(20)16-5-3-14(21)18-9-15(10-18)11-25(22,23)13(8-24-15)7-19-6-2-4-17-19/h2,4,6,13H,3,5,7-11H2,1H3,(H,16,20)/t13-/m0/s1. The van der Waals surface area contributed by atoms with Gasteiger partial charge in [0.15, 0.2) is 9.84 Å². The number of likely N-dealkylation sites (tertiary alicyclic amines) is 1. The Bertz CT molecular complexity index is 740. The van der Waals surface area contributed by atoms with Crippen molar-refractivity contribution in [3.63, 3.8) is 0 Å². The lowest BCUT2D eigenvalue weighted by molar-refractivity contribution is -0.165. The van der Waals surface area contributed by atoms with Gasteiger partial charge in [0.1, 0.15) is 10.9 Å². The van der Waals surface area contributed by atoms with Crippen LogP contribution in [0.25, 0.3) is 0 Å². The van der Waals surface area contributed by atoms with E-state index in [1.807, 2.05) is 0 Å². The zero-order valence-corrected chi connectivity index (χ0v) is 14.9. The Labute approximate surface area is 146 Å². The Morgan fingerprint density at radius 2 is 2.16 bits per heavy atom. The molecule has 2 fully saturated rings. The molecule has 2 aliphatic rings. The number of carbonyl (C=O) groups excluding carboxylic acids is 2. The van der Waals surface area contributed by atoms with Crippen molar-refractivity contribution in [3.05, 3.63) is 18.5 Å². The summed E-state index contributed by atoms with van der Waals surface area (Å²) in [5.41, 5.74) is -0.789. The van der Waals surface area contributed by atoms with Gasteiger partial charge in [0.2, 0.25) is 11.8 Å². The molecule has 0 aliphatic carbocycles. The smallest absolute Gasteiger partial charge is 0.224 e. The van der Waals surface area contributed by atoms with E-state index in [2.05, 4.69) is 10.4 Å². The molecule has 0 aromatic carbocycles. The Hall–Kier alpha value is -1.94. The first-order valence-corrected chi connectivity index (χ1v) is 9.86. The minimum absolute atomic E-state index is 0.0819. The lowest BCUT2D eigenvalue weighted by Gasteiger charge is -2.52. The second-order valence-corrected chi connectivity index (χ2v) is 8.92. The second-order valence-electron chi connectivity index (χ2n) is 6.63. The summed E-state index contributed by atoms with van der Waals surface area (Å²) >= 11 is 0. The lowest BCUT2D eigenvalue weighted by atomic mass is 9.95. The summed E-state index contributed by atoms with van der Waals surface area (Å²) in [7, 11) is -3.33. The van der Waals surface area contributed by atoms with Gasteiger partial charge in [-0.1, -0.05) is 0 Å². The van der Waals surface area contributed by atoms with Gasteiger partial charge in [-0.05, 0) is 6.07 Å². The molecule has 0 radical (unpaired) electrons. The molecule has 3 rings (SSSR count). The summed E-state index contributed by atoms with van der Waals surface area (Å²) in [6, 6.07) is 1.74. The highest BCUT2D eigenvalue weighted by Crippen LogP contribution is 2.33. The van der Waals surface area contributed by atoms with Crippen molar-refractivity contribution in [2.75, 3.05) is 32.0 Å². The molecule has 2 amide bonds. The van der Waals surface area contributed by atoms with Gasteiger partial charge in [-0.2, -0.15) is 5.10 Å². The van der Waals surface area contributed by atoms with Crippen molar-refractivity contribution in [3.8, 4) is 0 Å². The Kier molecular flexibility index (Phi) is 4.83. The highest BCUT2D eigenvalue weighted by Gasteiger charge is 2.53. The number of hydrogen-bond donors (Lipinski definition) is 1. The molecular formula is C15H22N4O5S. The van der Waals surface area contributed by atoms with Crippen LogP contribution in [0.4, 0.5) is 0 Å². The number of nitrogens with zero attached hydrogens (tertiary/aromatic N) is 3. The molecule has 1 spiro atoms. The molecule has 0 unspecified atom stereocenters. The molecule has 10 heteroatoms. The number of amides is 2. The number of rotatable bonds is 5. The highest BCUT2D eigenvalue weighted by molar-refractivity contribution is 7.92. The van der Waals surface area contributed by atoms with Crippen LogP contribution in [-0.2, 0) is 30.7 Å². The van der Waals surface area contributed by atoms with Crippen molar-refractivity contribution >= 4 is 21.7 Å². The molecule has 0 saturated carbocycles. The maximum Gasteiger partial charge on any atom is 0.224 e. The summed E-state index contributed by atoms with van der Waals surface area (Å²) in [5.74, 6) is -0.377. The van der Waals surface area contributed by atoms with Gasteiger partial charge in [-0.3, -0.25) is 14.3 Å². The average Bonchev–Trinajstić information content (AvgIpc) is 2.99. The molecular weight excluding hydrogens is 348 g/mol. The molecule has 3 heterocycles. The predicted octanol–water partition coefficient (Wildman–Crippen LogP) is -1.20. The molecule has 2 saturated heterocycles. The maximum atomic E-state index is 12.6. The van der Waals surface area contributed by atoms with Gasteiger partial charge < -0.3 is 15.0 Å². The topological polar surface area (TPSA) is 111 Å².